The number of piperidine rings is 1. The molecule has 2 rings (SSSR count). The molecule has 0 unspecified atom stereocenters. The monoisotopic (exact) mass is 367 g/mol. The van der Waals surface area contributed by atoms with Crippen LogP contribution in [0.3, 0.4) is 0 Å². The summed E-state index contributed by atoms with van der Waals surface area (Å²) in [5.74, 6) is -0.306. The van der Waals surface area contributed by atoms with E-state index in [1.807, 2.05) is 4.90 Å². The molecule has 0 spiro atoms. The van der Waals surface area contributed by atoms with Gasteiger partial charge in [0.15, 0.2) is 0 Å². The van der Waals surface area contributed by atoms with Crippen LogP contribution >= 0.6 is 11.6 Å². The summed E-state index contributed by atoms with van der Waals surface area (Å²) in [5.41, 5.74) is 0. The Labute approximate surface area is 151 Å². The van der Waals surface area contributed by atoms with Gasteiger partial charge in [0.2, 0.25) is 11.8 Å². The maximum atomic E-state index is 12.4. The molecule has 1 aromatic heterocycles. The third-order valence-electron chi connectivity index (χ3n) is 3.81. The molecule has 1 saturated heterocycles. The molecule has 1 aliphatic rings. The molecule has 0 bridgehead atoms. The van der Waals surface area contributed by atoms with Crippen LogP contribution in [0.2, 0.25) is 5.02 Å². The van der Waals surface area contributed by atoms with Crippen molar-refractivity contribution >= 4 is 35.3 Å². The number of anilines is 1. The molecule has 0 saturated carbocycles. The molecule has 0 aromatic carbocycles. The number of imide groups is 1. The Bertz CT molecular complexity index is 623. The summed E-state index contributed by atoms with van der Waals surface area (Å²) in [6, 6.07) is 2.79. The van der Waals surface area contributed by atoms with Gasteiger partial charge < -0.3 is 10.6 Å². The first-order chi connectivity index (χ1) is 12.0. The van der Waals surface area contributed by atoms with E-state index >= 15 is 0 Å². The molecule has 0 aliphatic carbocycles. The normalized spacial score (nSPS) is 17.6. The third kappa shape index (κ3) is 6.32. The largest absolute Gasteiger partial charge is 0.338 e. The lowest BCUT2D eigenvalue weighted by atomic mass is 9.97. The molecule has 9 heteroatoms. The van der Waals surface area contributed by atoms with Gasteiger partial charge in [-0.25, -0.2) is 9.78 Å². The molecule has 2 heterocycles. The number of hydrogen-bond donors (Lipinski definition) is 3. The molecular weight excluding hydrogens is 346 g/mol. The standard InChI is InChI=1S/C16H22ClN5O3/c1-2-18-16(25)21-14(23)10-22-7-3-4-11(9-22)15(24)20-13-6-5-12(17)8-19-13/h5-6,8,11H,2-4,7,9-10H2,1H3,(H,19,20,24)(H2,18,21,23,25)/t11-/m1/s1. The fourth-order valence-electron chi connectivity index (χ4n) is 2.67. The minimum Gasteiger partial charge on any atom is -0.338 e. The predicted octanol–water partition coefficient (Wildman–Crippen LogP) is 1.23. The highest BCUT2D eigenvalue weighted by Gasteiger charge is 2.27. The molecule has 8 nitrogen and oxygen atoms in total. The van der Waals surface area contributed by atoms with Crippen LogP contribution in [-0.4, -0.2) is 53.9 Å². The maximum absolute atomic E-state index is 12.4. The van der Waals surface area contributed by atoms with E-state index in [2.05, 4.69) is 20.9 Å². The van der Waals surface area contributed by atoms with Crippen molar-refractivity contribution in [3.05, 3.63) is 23.4 Å². The number of pyridine rings is 1. The fourth-order valence-corrected chi connectivity index (χ4v) is 2.78. The highest BCUT2D eigenvalue weighted by Crippen LogP contribution is 2.18. The van der Waals surface area contributed by atoms with Crippen LogP contribution in [0.1, 0.15) is 19.8 Å². The SMILES string of the molecule is CCNC(=O)NC(=O)CN1CCC[C@@H](C(=O)Nc2ccc(Cl)cn2)C1. The van der Waals surface area contributed by atoms with Gasteiger partial charge in [-0.2, -0.15) is 0 Å². The molecule has 136 valence electrons. The number of nitrogens with one attached hydrogen (secondary N) is 3. The molecule has 1 aliphatic heterocycles. The number of nitrogens with zero attached hydrogens (tertiary/aromatic N) is 2. The predicted molar refractivity (Wildman–Crippen MR) is 94.3 cm³/mol. The van der Waals surface area contributed by atoms with Gasteiger partial charge in [-0.3, -0.25) is 19.8 Å². The van der Waals surface area contributed by atoms with E-state index in [9.17, 15) is 14.4 Å². The van der Waals surface area contributed by atoms with Crippen molar-refractivity contribution in [3.63, 3.8) is 0 Å². The van der Waals surface area contributed by atoms with Crippen LogP contribution in [-0.2, 0) is 9.59 Å². The zero-order valence-electron chi connectivity index (χ0n) is 14.0. The summed E-state index contributed by atoms with van der Waals surface area (Å²) >= 11 is 5.77. The zero-order valence-corrected chi connectivity index (χ0v) is 14.8. The minimum atomic E-state index is -0.507. The lowest BCUT2D eigenvalue weighted by Crippen LogP contribution is -2.48. The lowest BCUT2D eigenvalue weighted by Gasteiger charge is -2.31. The van der Waals surface area contributed by atoms with Crippen LogP contribution in [0, 0.1) is 5.92 Å². The van der Waals surface area contributed by atoms with Gasteiger partial charge >= 0.3 is 6.03 Å². The van der Waals surface area contributed by atoms with Crippen molar-refractivity contribution in [3.8, 4) is 0 Å². The van der Waals surface area contributed by atoms with Gasteiger partial charge in [-0.1, -0.05) is 11.6 Å². The number of carbonyl (C=O) groups excluding carboxylic acids is 3. The number of likely N-dealkylation sites (tertiary alicyclic amines) is 1. The molecule has 0 radical (unpaired) electrons. The summed E-state index contributed by atoms with van der Waals surface area (Å²) < 4.78 is 0. The smallest absolute Gasteiger partial charge is 0.321 e. The Hall–Kier alpha value is -2.19. The van der Waals surface area contributed by atoms with Crippen molar-refractivity contribution in [2.75, 3.05) is 31.5 Å². The van der Waals surface area contributed by atoms with E-state index in [1.54, 1.807) is 19.1 Å². The Kier molecular flexibility index (Phi) is 7.15. The first kappa shape index (κ1) is 19.1. The van der Waals surface area contributed by atoms with E-state index in [0.717, 1.165) is 12.8 Å². The Balaban J connectivity index is 1.83. The highest BCUT2D eigenvalue weighted by molar-refractivity contribution is 6.30. The number of aromatic nitrogens is 1. The van der Waals surface area contributed by atoms with Crippen LogP contribution in [0.25, 0.3) is 0 Å². The van der Waals surface area contributed by atoms with Crippen LogP contribution in [0.5, 0.6) is 0 Å². The van der Waals surface area contributed by atoms with Crippen LogP contribution in [0.15, 0.2) is 18.3 Å². The van der Waals surface area contributed by atoms with Gasteiger partial charge in [0.25, 0.3) is 0 Å². The van der Waals surface area contributed by atoms with Crippen LogP contribution < -0.4 is 16.0 Å². The molecule has 3 N–H and O–H groups in total. The fraction of sp³-hybridized carbons (Fsp3) is 0.500. The molecule has 25 heavy (non-hydrogen) atoms. The minimum absolute atomic E-state index is 0.0834. The number of carbonyl (C=O) groups is 3. The van der Waals surface area contributed by atoms with Crippen molar-refractivity contribution in [2.45, 2.75) is 19.8 Å². The number of rotatable bonds is 5. The third-order valence-corrected chi connectivity index (χ3v) is 4.04. The molecule has 1 fully saturated rings. The molecule has 1 atom stereocenters. The Morgan fingerprint density at radius 2 is 2.16 bits per heavy atom. The quantitative estimate of drug-likeness (QED) is 0.726. The van der Waals surface area contributed by atoms with E-state index < -0.39 is 6.03 Å². The van der Waals surface area contributed by atoms with Crippen molar-refractivity contribution in [2.24, 2.45) is 5.92 Å². The zero-order chi connectivity index (χ0) is 18.2. The second-order valence-corrected chi connectivity index (χ2v) is 6.27. The van der Waals surface area contributed by atoms with E-state index in [4.69, 9.17) is 11.6 Å². The van der Waals surface area contributed by atoms with Crippen molar-refractivity contribution in [1.82, 2.24) is 20.5 Å². The number of hydrogen-bond acceptors (Lipinski definition) is 5. The van der Waals surface area contributed by atoms with E-state index in [-0.39, 0.29) is 24.3 Å². The second kappa shape index (κ2) is 9.33. The van der Waals surface area contributed by atoms with Gasteiger partial charge in [-0.05, 0) is 38.4 Å². The number of halogens is 1. The number of urea groups is 1. The Morgan fingerprint density at radius 3 is 2.84 bits per heavy atom. The van der Waals surface area contributed by atoms with Gasteiger partial charge in [0, 0.05) is 19.3 Å². The second-order valence-electron chi connectivity index (χ2n) is 5.83. The van der Waals surface area contributed by atoms with Gasteiger partial charge in [-0.15, -0.1) is 0 Å². The summed E-state index contributed by atoms with van der Waals surface area (Å²) in [5, 5.41) is 8.03. The van der Waals surface area contributed by atoms with Gasteiger partial charge in [0.1, 0.15) is 5.82 Å². The average Bonchev–Trinajstić information content (AvgIpc) is 2.57. The van der Waals surface area contributed by atoms with Crippen molar-refractivity contribution < 1.29 is 14.4 Å². The topological polar surface area (TPSA) is 103 Å². The van der Waals surface area contributed by atoms with Crippen LogP contribution in [0.4, 0.5) is 10.6 Å². The van der Waals surface area contributed by atoms with Crippen molar-refractivity contribution in [1.29, 1.82) is 0 Å². The summed E-state index contributed by atoms with van der Waals surface area (Å²) in [4.78, 5) is 41.5. The van der Waals surface area contributed by atoms with E-state index in [0.29, 0.717) is 30.5 Å². The maximum Gasteiger partial charge on any atom is 0.321 e. The van der Waals surface area contributed by atoms with Gasteiger partial charge in [0.05, 0.1) is 17.5 Å². The molecule has 4 amide bonds. The first-order valence-corrected chi connectivity index (χ1v) is 8.58. The molecule has 1 aromatic rings. The van der Waals surface area contributed by atoms with E-state index in [1.165, 1.54) is 6.20 Å². The lowest BCUT2D eigenvalue weighted by molar-refractivity contribution is -0.125. The number of amides is 4. The highest BCUT2D eigenvalue weighted by atomic mass is 35.5. The first-order valence-electron chi connectivity index (χ1n) is 8.20. The summed E-state index contributed by atoms with van der Waals surface area (Å²) in [6.45, 7) is 3.48. The average molecular weight is 368 g/mol. The summed E-state index contributed by atoms with van der Waals surface area (Å²) in [7, 11) is 0. The Morgan fingerprint density at radius 1 is 1.36 bits per heavy atom. The molecular formula is C16H22ClN5O3. The summed E-state index contributed by atoms with van der Waals surface area (Å²) in [6.07, 6.45) is 3.02.